The first-order chi connectivity index (χ1) is 6.79. The van der Waals surface area contributed by atoms with Gasteiger partial charge in [0, 0.05) is 26.1 Å². The first-order valence-electron chi connectivity index (χ1n) is 4.75. The van der Waals surface area contributed by atoms with Crippen LogP contribution in [0.4, 0.5) is 6.01 Å². The Morgan fingerprint density at radius 3 is 3.07 bits per heavy atom. The summed E-state index contributed by atoms with van der Waals surface area (Å²) >= 11 is 0. The van der Waals surface area contributed by atoms with Crippen LogP contribution in [0.5, 0.6) is 0 Å². The largest absolute Gasteiger partial charge is 0.408 e. The topological polar surface area (TPSA) is 88.4 Å². The smallest absolute Gasteiger partial charge is 0.318 e. The molecule has 1 aromatic heterocycles. The molecule has 78 valence electrons. The number of anilines is 1. The molecule has 2 heterocycles. The van der Waals surface area contributed by atoms with Crippen molar-refractivity contribution in [2.45, 2.75) is 18.9 Å². The van der Waals surface area contributed by atoms with Crippen molar-refractivity contribution in [2.24, 2.45) is 5.73 Å². The maximum atomic E-state index is 9.32. The van der Waals surface area contributed by atoms with E-state index in [2.05, 4.69) is 10.2 Å². The van der Waals surface area contributed by atoms with Gasteiger partial charge in [-0.05, 0) is 6.42 Å². The van der Waals surface area contributed by atoms with E-state index in [1.54, 1.807) is 0 Å². The van der Waals surface area contributed by atoms with Gasteiger partial charge >= 0.3 is 6.01 Å². The molecule has 2 rings (SSSR count). The number of nitrogens with two attached hydrogens (primary N) is 1. The highest BCUT2D eigenvalue weighted by Crippen LogP contribution is 2.18. The highest BCUT2D eigenvalue weighted by atomic mass is 16.4. The molecule has 14 heavy (non-hydrogen) atoms. The van der Waals surface area contributed by atoms with E-state index in [4.69, 9.17) is 10.2 Å². The molecule has 1 aromatic rings. The van der Waals surface area contributed by atoms with Crippen molar-refractivity contribution in [1.29, 1.82) is 0 Å². The van der Waals surface area contributed by atoms with Crippen molar-refractivity contribution < 1.29 is 9.52 Å². The standard InChI is InChI=1S/C8H14N4O2/c9-3-1-7-10-11-8(14-7)12-4-2-6(13)5-12/h6,13H,1-5,9H2. The van der Waals surface area contributed by atoms with Gasteiger partial charge in [-0.15, -0.1) is 5.10 Å². The lowest BCUT2D eigenvalue weighted by molar-refractivity contribution is 0.198. The Morgan fingerprint density at radius 2 is 2.43 bits per heavy atom. The Balaban J connectivity index is 2.02. The predicted molar refractivity (Wildman–Crippen MR) is 49.9 cm³/mol. The van der Waals surface area contributed by atoms with Gasteiger partial charge in [0.2, 0.25) is 5.89 Å². The summed E-state index contributed by atoms with van der Waals surface area (Å²) in [5.74, 6) is 0.559. The van der Waals surface area contributed by atoms with E-state index < -0.39 is 0 Å². The van der Waals surface area contributed by atoms with Gasteiger partial charge in [-0.3, -0.25) is 0 Å². The molecule has 1 aliphatic rings. The maximum absolute atomic E-state index is 9.32. The molecule has 0 aliphatic carbocycles. The fourth-order valence-corrected chi connectivity index (χ4v) is 1.51. The van der Waals surface area contributed by atoms with Crippen molar-refractivity contribution in [3.8, 4) is 0 Å². The third-order valence-corrected chi connectivity index (χ3v) is 2.25. The van der Waals surface area contributed by atoms with E-state index in [0.717, 1.165) is 13.0 Å². The Morgan fingerprint density at radius 1 is 1.57 bits per heavy atom. The molecule has 1 fully saturated rings. The average molecular weight is 198 g/mol. The Bertz CT molecular complexity index is 301. The molecule has 0 aromatic carbocycles. The van der Waals surface area contributed by atoms with Crippen LogP contribution in [0, 0.1) is 0 Å². The van der Waals surface area contributed by atoms with Gasteiger partial charge in [0.15, 0.2) is 0 Å². The summed E-state index contributed by atoms with van der Waals surface area (Å²) in [6.45, 7) is 1.85. The molecule has 6 nitrogen and oxygen atoms in total. The fourth-order valence-electron chi connectivity index (χ4n) is 1.51. The van der Waals surface area contributed by atoms with Crippen LogP contribution in [0.15, 0.2) is 4.42 Å². The Hall–Kier alpha value is -1.14. The molecule has 0 radical (unpaired) electrons. The molecule has 0 bridgehead atoms. The number of hydrogen-bond acceptors (Lipinski definition) is 6. The van der Waals surface area contributed by atoms with Crippen LogP contribution in [-0.4, -0.2) is 41.0 Å². The van der Waals surface area contributed by atoms with E-state index in [9.17, 15) is 5.11 Å². The van der Waals surface area contributed by atoms with Crippen molar-refractivity contribution in [2.75, 3.05) is 24.5 Å². The van der Waals surface area contributed by atoms with Crippen LogP contribution in [0.1, 0.15) is 12.3 Å². The second kappa shape index (κ2) is 3.93. The predicted octanol–water partition coefficient (Wildman–Crippen LogP) is -0.858. The molecule has 3 N–H and O–H groups in total. The highest BCUT2D eigenvalue weighted by Gasteiger charge is 2.24. The zero-order chi connectivity index (χ0) is 9.97. The summed E-state index contributed by atoms with van der Waals surface area (Å²) in [5, 5.41) is 17.1. The molecule has 1 atom stereocenters. The maximum Gasteiger partial charge on any atom is 0.318 e. The highest BCUT2D eigenvalue weighted by molar-refractivity contribution is 5.26. The summed E-state index contributed by atoms with van der Waals surface area (Å²) in [6, 6.07) is 0.491. The van der Waals surface area contributed by atoms with E-state index in [0.29, 0.717) is 31.4 Å². The monoisotopic (exact) mass is 198 g/mol. The number of rotatable bonds is 3. The number of nitrogens with zero attached hydrogens (tertiary/aromatic N) is 3. The van der Waals surface area contributed by atoms with Crippen molar-refractivity contribution in [1.82, 2.24) is 10.2 Å². The molecule has 0 spiro atoms. The van der Waals surface area contributed by atoms with Crippen molar-refractivity contribution in [3.05, 3.63) is 5.89 Å². The van der Waals surface area contributed by atoms with Crippen molar-refractivity contribution >= 4 is 6.01 Å². The third-order valence-electron chi connectivity index (χ3n) is 2.25. The Labute approximate surface area is 81.7 Å². The van der Waals surface area contributed by atoms with E-state index in [1.807, 2.05) is 4.90 Å². The number of aliphatic hydroxyl groups excluding tert-OH is 1. The van der Waals surface area contributed by atoms with Crippen LogP contribution < -0.4 is 10.6 Å². The normalized spacial score (nSPS) is 21.9. The molecular formula is C8H14N4O2. The molecule has 1 saturated heterocycles. The van der Waals surface area contributed by atoms with Crippen LogP contribution >= 0.6 is 0 Å². The number of aromatic nitrogens is 2. The summed E-state index contributed by atoms with van der Waals surface area (Å²) in [5.41, 5.74) is 5.36. The van der Waals surface area contributed by atoms with Gasteiger partial charge in [0.25, 0.3) is 0 Å². The third kappa shape index (κ3) is 1.85. The van der Waals surface area contributed by atoms with Gasteiger partial charge in [-0.25, -0.2) is 0 Å². The summed E-state index contributed by atoms with van der Waals surface area (Å²) in [4.78, 5) is 1.89. The second-order valence-electron chi connectivity index (χ2n) is 3.41. The minimum atomic E-state index is -0.278. The zero-order valence-electron chi connectivity index (χ0n) is 7.89. The molecule has 6 heteroatoms. The van der Waals surface area contributed by atoms with Gasteiger partial charge < -0.3 is 20.2 Å². The first kappa shape index (κ1) is 9.42. The average Bonchev–Trinajstić information content (AvgIpc) is 2.74. The van der Waals surface area contributed by atoms with Crippen LogP contribution in [0.25, 0.3) is 0 Å². The van der Waals surface area contributed by atoms with E-state index >= 15 is 0 Å². The SMILES string of the molecule is NCCc1nnc(N2CCC(O)C2)o1. The molecular weight excluding hydrogens is 184 g/mol. The van der Waals surface area contributed by atoms with Gasteiger partial charge in [-0.1, -0.05) is 5.10 Å². The fraction of sp³-hybridized carbons (Fsp3) is 0.750. The van der Waals surface area contributed by atoms with Gasteiger partial charge in [-0.2, -0.15) is 0 Å². The number of aliphatic hydroxyl groups is 1. The quantitative estimate of drug-likeness (QED) is 0.657. The van der Waals surface area contributed by atoms with Crippen LogP contribution in [0.2, 0.25) is 0 Å². The lowest BCUT2D eigenvalue weighted by atomic mass is 10.3. The van der Waals surface area contributed by atoms with E-state index in [-0.39, 0.29) is 6.10 Å². The zero-order valence-corrected chi connectivity index (χ0v) is 7.89. The van der Waals surface area contributed by atoms with E-state index in [1.165, 1.54) is 0 Å². The van der Waals surface area contributed by atoms with Gasteiger partial charge in [0.05, 0.1) is 6.10 Å². The minimum absolute atomic E-state index is 0.278. The minimum Gasteiger partial charge on any atom is -0.408 e. The molecule has 1 unspecified atom stereocenters. The van der Waals surface area contributed by atoms with Crippen molar-refractivity contribution in [3.63, 3.8) is 0 Å². The van der Waals surface area contributed by atoms with Crippen LogP contribution in [0.3, 0.4) is 0 Å². The first-order valence-corrected chi connectivity index (χ1v) is 4.75. The number of β-amino-alcohol motifs (C(OH)–C–C–N with tert-alkyl or cyclic N) is 1. The Kier molecular flexibility index (Phi) is 2.64. The lowest BCUT2D eigenvalue weighted by Crippen LogP contribution is -2.21. The van der Waals surface area contributed by atoms with Gasteiger partial charge in [0.1, 0.15) is 0 Å². The number of hydrogen-bond donors (Lipinski definition) is 2. The summed E-state index contributed by atoms with van der Waals surface area (Å²) in [6.07, 6.45) is 1.08. The lowest BCUT2D eigenvalue weighted by Gasteiger charge is -2.10. The molecule has 0 saturated carbocycles. The molecule has 0 amide bonds. The summed E-state index contributed by atoms with van der Waals surface area (Å²) < 4.78 is 5.37. The summed E-state index contributed by atoms with van der Waals surface area (Å²) in [7, 11) is 0. The molecule has 1 aliphatic heterocycles. The second-order valence-corrected chi connectivity index (χ2v) is 3.41. The van der Waals surface area contributed by atoms with Crippen LogP contribution in [-0.2, 0) is 6.42 Å².